The van der Waals surface area contributed by atoms with Crippen LogP contribution < -0.4 is 10.2 Å². The number of nitrogens with zero attached hydrogens (tertiary/aromatic N) is 1. The molecule has 0 bridgehead atoms. The molecule has 94 valence electrons. The summed E-state index contributed by atoms with van der Waals surface area (Å²) in [5.74, 6) is -0.197. The predicted molar refractivity (Wildman–Crippen MR) is 73.0 cm³/mol. The van der Waals surface area contributed by atoms with E-state index in [4.69, 9.17) is 0 Å². The molecule has 1 aromatic carbocycles. The first-order chi connectivity index (χ1) is 7.98. The van der Waals surface area contributed by atoms with Crippen molar-refractivity contribution < 1.29 is 4.39 Å². The summed E-state index contributed by atoms with van der Waals surface area (Å²) in [6.45, 7) is 7.25. The Labute approximate surface area is 110 Å². The van der Waals surface area contributed by atoms with Crippen molar-refractivity contribution >= 4 is 21.6 Å². The van der Waals surface area contributed by atoms with E-state index in [-0.39, 0.29) is 11.4 Å². The summed E-state index contributed by atoms with van der Waals surface area (Å²) in [7, 11) is 0. The van der Waals surface area contributed by atoms with Crippen molar-refractivity contribution in [3.05, 3.63) is 28.5 Å². The van der Waals surface area contributed by atoms with E-state index in [0.717, 1.165) is 31.7 Å². The lowest BCUT2D eigenvalue weighted by atomic mass is 10.1. The van der Waals surface area contributed by atoms with Gasteiger partial charge in [0.25, 0.3) is 0 Å². The minimum Gasteiger partial charge on any atom is -0.370 e. The maximum absolute atomic E-state index is 13.5. The molecule has 1 fully saturated rings. The van der Waals surface area contributed by atoms with Crippen LogP contribution in [0.25, 0.3) is 0 Å². The van der Waals surface area contributed by atoms with Gasteiger partial charge in [-0.05, 0) is 60.9 Å². The summed E-state index contributed by atoms with van der Waals surface area (Å²) in [5, 5.41) is 3.50. The van der Waals surface area contributed by atoms with Crippen molar-refractivity contribution in [3.8, 4) is 0 Å². The van der Waals surface area contributed by atoms with Gasteiger partial charge in [0, 0.05) is 24.3 Å². The maximum Gasteiger partial charge on any atom is 0.139 e. The van der Waals surface area contributed by atoms with Gasteiger partial charge in [-0.25, -0.2) is 4.39 Å². The van der Waals surface area contributed by atoms with Gasteiger partial charge in [0.1, 0.15) is 5.82 Å². The van der Waals surface area contributed by atoms with E-state index in [1.54, 1.807) is 12.1 Å². The van der Waals surface area contributed by atoms with Crippen molar-refractivity contribution in [3.63, 3.8) is 0 Å². The van der Waals surface area contributed by atoms with Gasteiger partial charge < -0.3 is 10.2 Å². The lowest BCUT2D eigenvalue weighted by molar-refractivity contribution is 0.416. The van der Waals surface area contributed by atoms with Crippen LogP contribution in [0.15, 0.2) is 22.7 Å². The zero-order chi connectivity index (χ0) is 12.5. The molecule has 1 aromatic rings. The van der Waals surface area contributed by atoms with Crippen molar-refractivity contribution in [1.29, 1.82) is 0 Å². The standard InChI is InChI=1S/C13H18BrFN2/c1-13(2)9-17(7-3-6-16-13)10-4-5-11(14)12(15)8-10/h4-5,8,16H,3,6-7,9H2,1-2H3. The van der Waals surface area contributed by atoms with Crippen LogP contribution in [0.3, 0.4) is 0 Å². The van der Waals surface area contributed by atoms with Gasteiger partial charge in [0.2, 0.25) is 0 Å². The van der Waals surface area contributed by atoms with E-state index in [1.807, 2.05) is 6.07 Å². The molecule has 4 heteroatoms. The number of anilines is 1. The van der Waals surface area contributed by atoms with Crippen LogP contribution in [-0.4, -0.2) is 25.2 Å². The molecule has 1 N–H and O–H groups in total. The Kier molecular flexibility index (Phi) is 3.73. The fourth-order valence-corrected chi connectivity index (χ4v) is 2.46. The van der Waals surface area contributed by atoms with Gasteiger partial charge in [-0.2, -0.15) is 0 Å². The summed E-state index contributed by atoms with van der Waals surface area (Å²) < 4.78 is 14.1. The van der Waals surface area contributed by atoms with Crippen LogP contribution in [0, 0.1) is 5.82 Å². The third-order valence-electron chi connectivity index (χ3n) is 3.06. The zero-order valence-corrected chi connectivity index (χ0v) is 11.8. The third-order valence-corrected chi connectivity index (χ3v) is 3.71. The summed E-state index contributed by atoms with van der Waals surface area (Å²) in [5.41, 5.74) is 1.03. The van der Waals surface area contributed by atoms with Crippen molar-refractivity contribution in [2.45, 2.75) is 25.8 Å². The number of rotatable bonds is 1. The molecule has 17 heavy (non-hydrogen) atoms. The summed E-state index contributed by atoms with van der Waals surface area (Å²) in [6, 6.07) is 5.34. The minimum absolute atomic E-state index is 0.0695. The van der Waals surface area contributed by atoms with Gasteiger partial charge >= 0.3 is 0 Å². The highest BCUT2D eigenvalue weighted by Crippen LogP contribution is 2.24. The second-order valence-corrected chi connectivity index (χ2v) is 6.04. The topological polar surface area (TPSA) is 15.3 Å². The van der Waals surface area contributed by atoms with Crippen LogP contribution in [0.4, 0.5) is 10.1 Å². The zero-order valence-electron chi connectivity index (χ0n) is 10.3. The van der Waals surface area contributed by atoms with E-state index in [0.29, 0.717) is 4.47 Å². The molecule has 0 spiro atoms. The Morgan fingerprint density at radius 2 is 2.18 bits per heavy atom. The molecule has 1 aliphatic heterocycles. The lowest BCUT2D eigenvalue weighted by Crippen LogP contribution is -2.46. The number of benzene rings is 1. The van der Waals surface area contributed by atoms with Crippen molar-refractivity contribution in [1.82, 2.24) is 5.32 Å². The number of halogens is 2. The van der Waals surface area contributed by atoms with Gasteiger partial charge in [0.15, 0.2) is 0 Å². The van der Waals surface area contributed by atoms with E-state index >= 15 is 0 Å². The second kappa shape index (κ2) is 4.94. The molecule has 1 saturated heterocycles. The lowest BCUT2D eigenvalue weighted by Gasteiger charge is -2.31. The smallest absolute Gasteiger partial charge is 0.139 e. The molecule has 1 heterocycles. The number of hydrogen-bond acceptors (Lipinski definition) is 2. The van der Waals surface area contributed by atoms with Gasteiger partial charge in [-0.3, -0.25) is 0 Å². The van der Waals surface area contributed by atoms with Gasteiger partial charge in [-0.1, -0.05) is 0 Å². The highest BCUT2D eigenvalue weighted by atomic mass is 79.9. The fourth-order valence-electron chi connectivity index (χ4n) is 2.21. The van der Waals surface area contributed by atoms with Gasteiger partial charge in [0.05, 0.1) is 4.47 Å². The monoisotopic (exact) mass is 300 g/mol. The molecular weight excluding hydrogens is 283 g/mol. The molecule has 0 radical (unpaired) electrons. The van der Waals surface area contributed by atoms with Crippen LogP contribution in [0.2, 0.25) is 0 Å². The molecule has 0 unspecified atom stereocenters. The van der Waals surface area contributed by atoms with Crippen LogP contribution in [0.5, 0.6) is 0 Å². The molecule has 2 rings (SSSR count). The number of hydrogen-bond donors (Lipinski definition) is 1. The molecular formula is C13H18BrFN2. The van der Waals surface area contributed by atoms with Crippen LogP contribution >= 0.6 is 15.9 Å². The van der Waals surface area contributed by atoms with Crippen molar-refractivity contribution in [2.75, 3.05) is 24.5 Å². The fraction of sp³-hybridized carbons (Fsp3) is 0.538. The Balaban J connectivity index is 2.22. The highest BCUT2D eigenvalue weighted by molar-refractivity contribution is 9.10. The van der Waals surface area contributed by atoms with Gasteiger partial charge in [-0.15, -0.1) is 0 Å². The molecule has 0 aliphatic carbocycles. The minimum atomic E-state index is -0.197. The summed E-state index contributed by atoms with van der Waals surface area (Å²) >= 11 is 3.19. The first kappa shape index (κ1) is 12.8. The Morgan fingerprint density at radius 3 is 2.88 bits per heavy atom. The molecule has 0 amide bonds. The molecule has 0 atom stereocenters. The maximum atomic E-state index is 13.5. The first-order valence-corrected chi connectivity index (χ1v) is 6.72. The molecule has 2 nitrogen and oxygen atoms in total. The summed E-state index contributed by atoms with van der Waals surface area (Å²) in [6.07, 6.45) is 1.08. The highest BCUT2D eigenvalue weighted by Gasteiger charge is 2.24. The quantitative estimate of drug-likeness (QED) is 0.857. The molecule has 0 aromatic heterocycles. The SMILES string of the molecule is CC1(C)CN(c2ccc(Br)c(F)c2)CCCN1. The summed E-state index contributed by atoms with van der Waals surface area (Å²) in [4.78, 5) is 2.25. The van der Waals surface area contributed by atoms with Crippen molar-refractivity contribution in [2.24, 2.45) is 0 Å². The second-order valence-electron chi connectivity index (χ2n) is 5.18. The first-order valence-electron chi connectivity index (χ1n) is 5.93. The van der Waals surface area contributed by atoms with E-state index in [2.05, 4.69) is 40.0 Å². The van der Waals surface area contributed by atoms with Crippen LogP contribution in [-0.2, 0) is 0 Å². The number of nitrogens with one attached hydrogen (secondary N) is 1. The largest absolute Gasteiger partial charge is 0.370 e. The molecule has 1 aliphatic rings. The average Bonchev–Trinajstić information content (AvgIpc) is 2.43. The van der Waals surface area contributed by atoms with Crippen LogP contribution in [0.1, 0.15) is 20.3 Å². The van der Waals surface area contributed by atoms with E-state index in [9.17, 15) is 4.39 Å². The average molecular weight is 301 g/mol. The van der Waals surface area contributed by atoms with E-state index in [1.165, 1.54) is 0 Å². The predicted octanol–water partition coefficient (Wildman–Crippen LogP) is 3.17. The Bertz CT molecular complexity index is 406. The molecule has 0 saturated carbocycles. The third kappa shape index (κ3) is 3.19. The van der Waals surface area contributed by atoms with E-state index < -0.39 is 0 Å². The Hall–Kier alpha value is -0.610. The normalized spacial score (nSPS) is 20.1. The Morgan fingerprint density at radius 1 is 1.41 bits per heavy atom.